The highest BCUT2D eigenvalue weighted by Crippen LogP contribution is 1.94. The van der Waals surface area contributed by atoms with E-state index >= 15 is 0 Å². The van der Waals surface area contributed by atoms with Crippen molar-refractivity contribution in [2.45, 2.75) is 33.1 Å². The Labute approximate surface area is 74.7 Å². The Hall–Kier alpha value is -0.730. The van der Waals surface area contributed by atoms with Crippen LogP contribution in [0.5, 0.6) is 0 Å². The van der Waals surface area contributed by atoms with E-state index in [1.54, 1.807) is 11.9 Å². The fourth-order valence-corrected chi connectivity index (χ4v) is 0.841. The summed E-state index contributed by atoms with van der Waals surface area (Å²) >= 11 is 0. The Balaban J connectivity index is 3.43. The number of hydrogen-bond donors (Lipinski definition) is 0. The smallest absolute Gasteiger partial charge is 0.409 e. The van der Waals surface area contributed by atoms with E-state index in [2.05, 4.69) is 6.92 Å². The first-order chi connectivity index (χ1) is 5.72. The van der Waals surface area contributed by atoms with Crippen molar-refractivity contribution in [1.82, 2.24) is 4.90 Å². The van der Waals surface area contributed by atoms with Crippen LogP contribution in [0.2, 0.25) is 0 Å². The lowest BCUT2D eigenvalue weighted by atomic mass is 10.4. The van der Waals surface area contributed by atoms with Crippen molar-refractivity contribution in [1.29, 1.82) is 0 Å². The first-order valence-electron chi connectivity index (χ1n) is 4.60. The van der Waals surface area contributed by atoms with Crippen molar-refractivity contribution in [2.75, 3.05) is 20.2 Å². The molecule has 0 N–H and O–H groups in total. The SMILES string of the molecule is CCCCOC(=O)N(C)CCC. The second-order valence-corrected chi connectivity index (χ2v) is 2.89. The van der Waals surface area contributed by atoms with Gasteiger partial charge in [-0.3, -0.25) is 0 Å². The van der Waals surface area contributed by atoms with Crippen LogP contribution in [0, 0.1) is 0 Å². The molecule has 0 aromatic rings. The van der Waals surface area contributed by atoms with Crippen LogP contribution < -0.4 is 0 Å². The molecule has 0 radical (unpaired) electrons. The molecule has 0 aromatic carbocycles. The first kappa shape index (κ1) is 11.3. The molecule has 3 heteroatoms. The monoisotopic (exact) mass is 173 g/mol. The van der Waals surface area contributed by atoms with Crippen LogP contribution in [0.3, 0.4) is 0 Å². The third-order valence-electron chi connectivity index (χ3n) is 1.59. The molecular weight excluding hydrogens is 154 g/mol. The van der Waals surface area contributed by atoms with E-state index in [4.69, 9.17) is 4.74 Å². The molecule has 12 heavy (non-hydrogen) atoms. The third-order valence-corrected chi connectivity index (χ3v) is 1.59. The van der Waals surface area contributed by atoms with Gasteiger partial charge in [-0.05, 0) is 12.8 Å². The zero-order chi connectivity index (χ0) is 9.40. The molecule has 0 aliphatic rings. The number of rotatable bonds is 5. The Morgan fingerprint density at radius 1 is 1.33 bits per heavy atom. The number of ether oxygens (including phenoxy) is 1. The summed E-state index contributed by atoms with van der Waals surface area (Å²) in [6.45, 7) is 5.42. The molecule has 0 unspecified atom stereocenters. The minimum Gasteiger partial charge on any atom is -0.449 e. The van der Waals surface area contributed by atoms with E-state index in [0.717, 1.165) is 25.8 Å². The van der Waals surface area contributed by atoms with Crippen molar-refractivity contribution >= 4 is 6.09 Å². The summed E-state index contributed by atoms with van der Waals surface area (Å²) < 4.78 is 4.98. The van der Waals surface area contributed by atoms with Gasteiger partial charge in [-0.2, -0.15) is 0 Å². The average molecular weight is 173 g/mol. The van der Waals surface area contributed by atoms with E-state index in [1.807, 2.05) is 6.92 Å². The maximum Gasteiger partial charge on any atom is 0.409 e. The van der Waals surface area contributed by atoms with Gasteiger partial charge in [-0.15, -0.1) is 0 Å². The van der Waals surface area contributed by atoms with Gasteiger partial charge in [-0.1, -0.05) is 20.3 Å². The molecular formula is C9H19NO2. The molecule has 0 aliphatic heterocycles. The quantitative estimate of drug-likeness (QED) is 0.597. The second-order valence-electron chi connectivity index (χ2n) is 2.89. The molecule has 0 atom stereocenters. The van der Waals surface area contributed by atoms with Crippen LogP contribution in [-0.4, -0.2) is 31.2 Å². The van der Waals surface area contributed by atoms with Gasteiger partial charge in [0.1, 0.15) is 0 Å². The van der Waals surface area contributed by atoms with Crippen LogP contribution in [-0.2, 0) is 4.74 Å². The largest absolute Gasteiger partial charge is 0.449 e. The third kappa shape index (κ3) is 4.99. The maximum absolute atomic E-state index is 11.1. The molecule has 0 aromatic heterocycles. The highest BCUT2D eigenvalue weighted by atomic mass is 16.6. The molecule has 0 saturated heterocycles. The highest BCUT2D eigenvalue weighted by Gasteiger charge is 2.06. The Morgan fingerprint density at radius 2 is 2.00 bits per heavy atom. The van der Waals surface area contributed by atoms with Crippen molar-refractivity contribution in [3.05, 3.63) is 0 Å². The van der Waals surface area contributed by atoms with Gasteiger partial charge in [-0.25, -0.2) is 4.79 Å². The summed E-state index contributed by atoms with van der Waals surface area (Å²) in [5.74, 6) is 0. The molecule has 0 heterocycles. The second kappa shape index (κ2) is 6.95. The number of hydrogen-bond acceptors (Lipinski definition) is 2. The predicted octanol–water partition coefficient (Wildman–Crippen LogP) is 2.26. The van der Waals surface area contributed by atoms with Crippen LogP contribution >= 0.6 is 0 Å². The Morgan fingerprint density at radius 3 is 2.50 bits per heavy atom. The molecule has 3 nitrogen and oxygen atoms in total. The molecule has 1 amide bonds. The molecule has 0 saturated carbocycles. The highest BCUT2D eigenvalue weighted by molar-refractivity contribution is 5.67. The summed E-state index contributed by atoms with van der Waals surface area (Å²) in [7, 11) is 1.76. The predicted molar refractivity (Wildman–Crippen MR) is 49.2 cm³/mol. The van der Waals surface area contributed by atoms with E-state index in [9.17, 15) is 4.79 Å². The van der Waals surface area contributed by atoms with Gasteiger partial charge in [0.25, 0.3) is 0 Å². The number of nitrogens with zero attached hydrogens (tertiary/aromatic N) is 1. The van der Waals surface area contributed by atoms with Gasteiger partial charge in [0, 0.05) is 13.6 Å². The Bertz CT molecular complexity index is 126. The zero-order valence-corrected chi connectivity index (χ0v) is 8.30. The van der Waals surface area contributed by atoms with Gasteiger partial charge >= 0.3 is 6.09 Å². The van der Waals surface area contributed by atoms with Crippen molar-refractivity contribution in [2.24, 2.45) is 0 Å². The lowest BCUT2D eigenvalue weighted by molar-refractivity contribution is 0.110. The van der Waals surface area contributed by atoms with Gasteiger partial charge in [0.2, 0.25) is 0 Å². The Kier molecular flexibility index (Phi) is 6.53. The normalized spacial score (nSPS) is 9.58. The van der Waals surface area contributed by atoms with E-state index in [0.29, 0.717) is 6.61 Å². The summed E-state index contributed by atoms with van der Waals surface area (Å²) in [5.41, 5.74) is 0. The van der Waals surface area contributed by atoms with Crippen molar-refractivity contribution < 1.29 is 9.53 Å². The van der Waals surface area contributed by atoms with Gasteiger partial charge in [0.15, 0.2) is 0 Å². The average Bonchev–Trinajstić information content (AvgIpc) is 2.05. The van der Waals surface area contributed by atoms with Crippen LogP contribution in [0.4, 0.5) is 4.79 Å². The maximum atomic E-state index is 11.1. The number of unbranched alkanes of at least 4 members (excludes halogenated alkanes) is 1. The number of amides is 1. The van der Waals surface area contributed by atoms with E-state index < -0.39 is 0 Å². The minimum atomic E-state index is -0.203. The fourth-order valence-electron chi connectivity index (χ4n) is 0.841. The summed E-state index contributed by atoms with van der Waals surface area (Å²) in [6.07, 6.45) is 2.78. The van der Waals surface area contributed by atoms with E-state index in [-0.39, 0.29) is 6.09 Å². The number of carbonyl (C=O) groups is 1. The molecule has 0 bridgehead atoms. The minimum absolute atomic E-state index is 0.203. The molecule has 72 valence electrons. The van der Waals surface area contributed by atoms with E-state index in [1.165, 1.54) is 0 Å². The van der Waals surface area contributed by atoms with Gasteiger partial charge in [0.05, 0.1) is 6.61 Å². The fraction of sp³-hybridized carbons (Fsp3) is 0.889. The summed E-state index contributed by atoms with van der Waals surface area (Å²) in [5, 5.41) is 0. The van der Waals surface area contributed by atoms with Crippen LogP contribution in [0.15, 0.2) is 0 Å². The topological polar surface area (TPSA) is 29.5 Å². The van der Waals surface area contributed by atoms with Gasteiger partial charge < -0.3 is 9.64 Å². The first-order valence-corrected chi connectivity index (χ1v) is 4.60. The molecule has 0 aliphatic carbocycles. The lowest BCUT2D eigenvalue weighted by Crippen LogP contribution is -2.28. The molecule has 0 fully saturated rings. The molecule has 0 spiro atoms. The van der Waals surface area contributed by atoms with Crippen LogP contribution in [0.25, 0.3) is 0 Å². The zero-order valence-electron chi connectivity index (χ0n) is 8.30. The van der Waals surface area contributed by atoms with Crippen LogP contribution in [0.1, 0.15) is 33.1 Å². The molecule has 0 rings (SSSR count). The summed E-state index contributed by atoms with van der Waals surface area (Å²) in [6, 6.07) is 0. The van der Waals surface area contributed by atoms with Crippen molar-refractivity contribution in [3.8, 4) is 0 Å². The number of carbonyl (C=O) groups excluding carboxylic acids is 1. The summed E-state index contributed by atoms with van der Waals surface area (Å²) in [4.78, 5) is 12.7. The van der Waals surface area contributed by atoms with Crippen molar-refractivity contribution in [3.63, 3.8) is 0 Å². The lowest BCUT2D eigenvalue weighted by Gasteiger charge is -2.15. The standard InChI is InChI=1S/C9H19NO2/c1-4-6-8-12-9(11)10(3)7-5-2/h4-8H2,1-3H3.